The Kier molecular flexibility index (Phi) is 5.21. The second kappa shape index (κ2) is 6.98. The number of amides is 2. The molecule has 0 bridgehead atoms. The number of benzene rings is 1. The third kappa shape index (κ3) is 3.39. The molecule has 0 radical (unpaired) electrons. The fraction of sp³-hybridized carbons (Fsp3) is 0.412. The van der Waals surface area contributed by atoms with Crippen LogP contribution in [0.2, 0.25) is 0 Å². The molecule has 0 fully saturated rings. The zero-order valence-electron chi connectivity index (χ0n) is 14.0. The molecule has 1 atom stereocenters. The number of hydrogen-bond acceptors (Lipinski definition) is 3. The fourth-order valence-corrected chi connectivity index (χ4v) is 2.68. The van der Waals surface area contributed by atoms with Crippen LogP contribution in [-0.2, 0) is 9.53 Å². The predicted octanol–water partition coefficient (Wildman–Crippen LogP) is 3.13. The molecule has 130 valence electrons. The number of halogens is 2. The van der Waals surface area contributed by atoms with Gasteiger partial charge in [-0.15, -0.1) is 0 Å². The van der Waals surface area contributed by atoms with E-state index in [1.807, 2.05) is 13.8 Å². The van der Waals surface area contributed by atoms with Crippen molar-refractivity contribution in [2.75, 3.05) is 13.7 Å². The standard InChI is InChI=1S/C17H20F2N2O3/c1-9(2)8-21-10(3)14(16(22)24-4)15(20-17(21)23)11-5-6-12(18)13(19)7-11/h5-7,9,15H,8H2,1-4H3,(H,20,23)/t15-/m0/s1. The summed E-state index contributed by atoms with van der Waals surface area (Å²) in [5.74, 6) is -2.49. The molecule has 0 aliphatic carbocycles. The van der Waals surface area contributed by atoms with Gasteiger partial charge in [0.1, 0.15) is 0 Å². The van der Waals surface area contributed by atoms with Gasteiger partial charge in [-0.2, -0.15) is 0 Å². The summed E-state index contributed by atoms with van der Waals surface area (Å²) in [5.41, 5.74) is 0.906. The number of nitrogens with zero attached hydrogens (tertiary/aromatic N) is 1. The Balaban J connectivity index is 2.54. The third-order valence-corrected chi connectivity index (χ3v) is 3.83. The summed E-state index contributed by atoms with van der Waals surface area (Å²) in [6, 6.07) is 1.96. The molecule has 5 nitrogen and oxygen atoms in total. The quantitative estimate of drug-likeness (QED) is 0.858. The first-order chi connectivity index (χ1) is 11.3. The molecular formula is C17H20F2N2O3. The number of hydrogen-bond donors (Lipinski definition) is 1. The predicted molar refractivity (Wildman–Crippen MR) is 83.9 cm³/mol. The molecule has 1 aliphatic rings. The minimum atomic E-state index is -1.05. The molecule has 1 N–H and O–H groups in total. The summed E-state index contributed by atoms with van der Waals surface area (Å²) in [4.78, 5) is 26.1. The monoisotopic (exact) mass is 338 g/mol. The molecule has 1 heterocycles. The molecule has 24 heavy (non-hydrogen) atoms. The van der Waals surface area contributed by atoms with Gasteiger partial charge in [0, 0.05) is 12.2 Å². The molecule has 1 aromatic rings. The van der Waals surface area contributed by atoms with Crippen LogP contribution in [0.25, 0.3) is 0 Å². The van der Waals surface area contributed by atoms with Crippen molar-refractivity contribution in [3.8, 4) is 0 Å². The normalized spacial score (nSPS) is 18.0. The minimum absolute atomic E-state index is 0.185. The van der Waals surface area contributed by atoms with E-state index in [4.69, 9.17) is 4.74 Å². The topological polar surface area (TPSA) is 58.6 Å². The second-order valence-electron chi connectivity index (χ2n) is 6.05. The molecule has 2 amide bonds. The Bertz CT molecular complexity index is 701. The van der Waals surface area contributed by atoms with Crippen LogP contribution in [-0.4, -0.2) is 30.6 Å². The van der Waals surface area contributed by atoms with Gasteiger partial charge in [0.05, 0.1) is 18.7 Å². The molecule has 2 rings (SSSR count). The van der Waals surface area contributed by atoms with Gasteiger partial charge in [-0.05, 0) is 30.5 Å². The van der Waals surface area contributed by atoms with Gasteiger partial charge in [0.15, 0.2) is 11.6 Å². The smallest absolute Gasteiger partial charge is 0.337 e. The SMILES string of the molecule is COC(=O)C1=C(C)N(CC(C)C)C(=O)N[C@H]1c1ccc(F)c(F)c1. The highest BCUT2D eigenvalue weighted by Gasteiger charge is 2.36. The lowest BCUT2D eigenvalue weighted by Crippen LogP contribution is -2.49. The van der Waals surface area contributed by atoms with Crippen molar-refractivity contribution in [1.29, 1.82) is 0 Å². The van der Waals surface area contributed by atoms with Crippen LogP contribution in [0, 0.1) is 17.6 Å². The maximum atomic E-state index is 13.6. The highest BCUT2D eigenvalue weighted by atomic mass is 19.2. The Morgan fingerprint density at radius 1 is 1.33 bits per heavy atom. The number of allylic oxidation sites excluding steroid dienone is 1. The van der Waals surface area contributed by atoms with E-state index in [1.54, 1.807) is 6.92 Å². The van der Waals surface area contributed by atoms with E-state index in [2.05, 4.69) is 5.32 Å². The van der Waals surface area contributed by atoms with Gasteiger partial charge >= 0.3 is 12.0 Å². The van der Waals surface area contributed by atoms with Crippen molar-refractivity contribution in [3.05, 3.63) is 46.7 Å². The van der Waals surface area contributed by atoms with Crippen LogP contribution in [0.3, 0.4) is 0 Å². The molecule has 1 aromatic carbocycles. The zero-order valence-corrected chi connectivity index (χ0v) is 14.0. The van der Waals surface area contributed by atoms with Crippen molar-refractivity contribution in [2.24, 2.45) is 5.92 Å². The van der Waals surface area contributed by atoms with E-state index in [1.165, 1.54) is 18.1 Å². The highest BCUT2D eigenvalue weighted by Crippen LogP contribution is 2.32. The first kappa shape index (κ1) is 17.9. The van der Waals surface area contributed by atoms with Crippen LogP contribution < -0.4 is 5.32 Å². The van der Waals surface area contributed by atoms with Gasteiger partial charge in [-0.25, -0.2) is 18.4 Å². The molecule has 0 aromatic heterocycles. The molecular weight excluding hydrogens is 318 g/mol. The van der Waals surface area contributed by atoms with Crippen LogP contribution >= 0.6 is 0 Å². The van der Waals surface area contributed by atoms with Crippen molar-refractivity contribution in [1.82, 2.24) is 10.2 Å². The Labute approximate surface area is 139 Å². The van der Waals surface area contributed by atoms with Crippen LogP contribution in [0.4, 0.5) is 13.6 Å². The van der Waals surface area contributed by atoms with Crippen LogP contribution in [0.1, 0.15) is 32.4 Å². The lowest BCUT2D eigenvalue weighted by atomic mass is 9.94. The number of methoxy groups -OCH3 is 1. The third-order valence-electron chi connectivity index (χ3n) is 3.83. The average Bonchev–Trinajstić information content (AvgIpc) is 2.52. The number of carbonyl (C=O) groups is 2. The number of carbonyl (C=O) groups excluding carboxylic acids is 2. The van der Waals surface area contributed by atoms with Gasteiger partial charge in [-0.3, -0.25) is 4.90 Å². The molecule has 0 saturated carbocycles. The Hall–Kier alpha value is -2.44. The van der Waals surface area contributed by atoms with E-state index in [-0.39, 0.29) is 17.1 Å². The Morgan fingerprint density at radius 3 is 2.54 bits per heavy atom. The summed E-state index contributed by atoms with van der Waals surface area (Å²) in [6.07, 6.45) is 0. The lowest BCUT2D eigenvalue weighted by Gasteiger charge is -2.36. The van der Waals surface area contributed by atoms with E-state index >= 15 is 0 Å². The zero-order chi connectivity index (χ0) is 18.0. The number of ether oxygens (including phenoxy) is 1. The van der Waals surface area contributed by atoms with E-state index in [9.17, 15) is 18.4 Å². The summed E-state index contributed by atoms with van der Waals surface area (Å²) in [6.45, 7) is 5.95. The first-order valence-corrected chi connectivity index (χ1v) is 7.58. The van der Waals surface area contributed by atoms with Crippen molar-refractivity contribution in [3.63, 3.8) is 0 Å². The van der Waals surface area contributed by atoms with Gasteiger partial charge in [-0.1, -0.05) is 19.9 Å². The van der Waals surface area contributed by atoms with Gasteiger partial charge < -0.3 is 10.1 Å². The van der Waals surface area contributed by atoms with Crippen molar-refractivity contribution < 1.29 is 23.1 Å². The minimum Gasteiger partial charge on any atom is -0.466 e. The molecule has 0 spiro atoms. The maximum Gasteiger partial charge on any atom is 0.337 e. The highest BCUT2D eigenvalue weighted by molar-refractivity contribution is 5.95. The van der Waals surface area contributed by atoms with Crippen molar-refractivity contribution >= 4 is 12.0 Å². The number of rotatable bonds is 4. The summed E-state index contributed by atoms with van der Waals surface area (Å²) in [5, 5.41) is 2.67. The fourth-order valence-electron chi connectivity index (χ4n) is 2.68. The number of nitrogens with one attached hydrogen (secondary N) is 1. The number of esters is 1. The lowest BCUT2D eigenvalue weighted by molar-refractivity contribution is -0.136. The molecule has 0 unspecified atom stereocenters. The Morgan fingerprint density at radius 2 is 2.00 bits per heavy atom. The molecule has 0 saturated heterocycles. The second-order valence-corrected chi connectivity index (χ2v) is 6.05. The van der Waals surface area contributed by atoms with E-state index in [0.717, 1.165) is 12.1 Å². The van der Waals surface area contributed by atoms with Gasteiger partial charge in [0.2, 0.25) is 0 Å². The molecule has 1 aliphatic heterocycles. The largest absolute Gasteiger partial charge is 0.466 e. The first-order valence-electron chi connectivity index (χ1n) is 7.58. The van der Waals surface area contributed by atoms with Crippen LogP contribution in [0.5, 0.6) is 0 Å². The average molecular weight is 338 g/mol. The summed E-state index contributed by atoms with van der Waals surface area (Å²) in [7, 11) is 1.23. The summed E-state index contributed by atoms with van der Waals surface area (Å²) < 4.78 is 31.5. The van der Waals surface area contributed by atoms with Crippen LogP contribution in [0.15, 0.2) is 29.5 Å². The number of urea groups is 1. The summed E-state index contributed by atoms with van der Waals surface area (Å²) >= 11 is 0. The van der Waals surface area contributed by atoms with E-state index < -0.39 is 29.7 Å². The molecule has 7 heteroatoms. The van der Waals surface area contributed by atoms with Gasteiger partial charge in [0.25, 0.3) is 0 Å². The van der Waals surface area contributed by atoms with Crippen molar-refractivity contribution in [2.45, 2.75) is 26.8 Å². The van der Waals surface area contributed by atoms with E-state index in [0.29, 0.717) is 12.2 Å². The maximum absolute atomic E-state index is 13.6.